The predicted octanol–water partition coefficient (Wildman–Crippen LogP) is 4.74. The van der Waals surface area contributed by atoms with Crippen molar-refractivity contribution in [1.29, 1.82) is 0 Å². The molecule has 2 aromatic rings. The number of nitrogens with zero attached hydrogens (tertiary/aromatic N) is 2. The molecular weight excluding hydrogens is 350 g/mol. The van der Waals surface area contributed by atoms with E-state index in [-0.39, 0.29) is 0 Å². The highest BCUT2D eigenvalue weighted by Gasteiger charge is 2.26. The number of nitrogens with one attached hydrogen (secondary N) is 1. The summed E-state index contributed by atoms with van der Waals surface area (Å²) in [5, 5.41) is 4.24. The van der Waals surface area contributed by atoms with Crippen LogP contribution in [0.4, 0.5) is 5.69 Å². The highest BCUT2D eigenvalue weighted by atomic mass is 32.1. The number of benzene rings is 2. The first-order valence-electron chi connectivity index (χ1n) is 9.59. The third-order valence-electron chi connectivity index (χ3n) is 4.99. The minimum atomic E-state index is 0.407. The van der Waals surface area contributed by atoms with E-state index in [1.165, 1.54) is 22.4 Å². The van der Waals surface area contributed by atoms with E-state index < -0.39 is 0 Å². The Kier molecular flexibility index (Phi) is 6.64. The lowest BCUT2D eigenvalue weighted by molar-refractivity contribution is 0.233. The SMILES string of the molecule is CC(C)=CCN1Cc2ccccc2N(C(=S)NCc2ccccc2)C[C@@H]1C. The van der Waals surface area contributed by atoms with Crippen LogP contribution in [0.2, 0.25) is 0 Å². The van der Waals surface area contributed by atoms with Gasteiger partial charge in [-0.2, -0.15) is 0 Å². The Morgan fingerprint density at radius 3 is 2.56 bits per heavy atom. The van der Waals surface area contributed by atoms with Crippen LogP contribution < -0.4 is 10.2 Å². The first-order valence-corrected chi connectivity index (χ1v) is 10.00. The molecule has 0 amide bonds. The zero-order valence-corrected chi connectivity index (χ0v) is 17.3. The molecule has 0 saturated heterocycles. The van der Waals surface area contributed by atoms with Crippen LogP contribution in [0.15, 0.2) is 66.2 Å². The summed E-state index contributed by atoms with van der Waals surface area (Å²) >= 11 is 5.79. The van der Waals surface area contributed by atoms with Crippen molar-refractivity contribution in [2.24, 2.45) is 0 Å². The summed E-state index contributed by atoms with van der Waals surface area (Å²) in [7, 11) is 0. The van der Waals surface area contributed by atoms with E-state index in [2.05, 4.69) is 90.5 Å². The van der Waals surface area contributed by atoms with Gasteiger partial charge in [0.25, 0.3) is 0 Å². The van der Waals surface area contributed by atoms with Gasteiger partial charge in [-0.3, -0.25) is 4.90 Å². The second kappa shape index (κ2) is 9.16. The Balaban J connectivity index is 1.78. The molecule has 1 N–H and O–H groups in total. The van der Waals surface area contributed by atoms with E-state index in [4.69, 9.17) is 12.2 Å². The number of anilines is 1. The van der Waals surface area contributed by atoms with Crippen LogP contribution >= 0.6 is 12.2 Å². The summed E-state index contributed by atoms with van der Waals surface area (Å²) in [6.45, 7) is 10.1. The first-order chi connectivity index (χ1) is 13.0. The number of thiocarbonyl (C=S) groups is 1. The van der Waals surface area contributed by atoms with Gasteiger partial charge in [-0.05, 0) is 50.2 Å². The Hall–Kier alpha value is -2.17. The zero-order valence-electron chi connectivity index (χ0n) is 16.5. The second-order valence-electron chi connectivity index (χ2n) is 7.44. The summed E-state index contributed by atoms with van der Waals surface area (Å²) in [6.07, 6.45) is 2.31. The molecule has 0 fully saturated rings. The van der Waals surface area contributed by atoms with Crippen molar-refractivity contribution in [2.75, 3.05) is 18.0 Å². The van der Waals surface area contributed by atoms with E-state index in [1.807, 2.05) is 6.07 Å². The molecule has 3 nitrogen and oxygen atoms in total. The number of hydrogen-bond acceptors (Lipinski definition) is 2. The number of rotatable bonds is 4. The van der Waals surface area contributed by atoms with Crippen molar-refractivity contribution >= 4 is 23.0 Å². The molecule has 0 radical (unpaired) electrons. The zero-order chi connectivity index (χ0) is 19.2. The molecule has 0 bridgehead atoms. The van der Waals surface area contributed by atoms with E-state index in [9.17, 15) is 0 Å². The largest absolute Gasteiger partial charge is 0.358 e. The molecular formula is C23H29N3S. The highest BCUT2D eigenvalue weighted by molar-refractivity contribution is 7.80. The van der Waals surface area contributed by atoms with Crippen LogP contribution in [0, 0.1) is 0 Å². The summed E-state index contributed by atoms with van der Waals surface area (Å²) < 4.78 is 0. The van der Waals surface area contributed by atoms with Gasteiger partial charge in [0.05, 0.1) is 0 Å². The van der Waals surface area contributed by atoms with Crippen molar-refractivity contribution < 1.29 is 0 Å². The topological polar surface area (TPSA) is 18.5 Å². The summed E-state index contributed by atoms with van der Waals surface area (Å²) in [5.41, 5.74) is 5.14. The van der Waals surface area contributed by atoms with Crippen molar-refractivity contribution in [3.05, 3.63) is 77.4 Å². The van der Waals surface area contributed by atoms with Gasteiger partial charge >= 0.3 is 0 Å². The van der Waals surface area contributed by atoms with Crippen LogP contribution in [0.3, 0.4) is 0 Å². The standard InChI is InChI=1S/C23H29N3S/c1-18(2)13-14-25-17-21-11-7-8-12-22(21)26(16-19(25)3)23(27)24-15-20-9-5-4-6-10-20/h4-13,19H,14-17H2,1-3H3,(H,24,27)/t19-/m0/s1. The minimum Gasteiger partial charge on any atom is -0.358 e. The number of para-hydroxylation sites is 1. The average Bonchev–Trinajstić information content (AvgIpc) is 2.82. The highest BCUT2D eigenvalue weighted by Crippen LogP contribution is 2.27. The van der Waals surface area contributed by atoms with Gasteiger partial charge in [-0.25, -0.2) is 0 Å². The summed E-state index contributed by atoms with van der Waals surface area (Å²) in [6, 6.07) is 19.4. The van der Waals surface area contributed by atoms with Gasteiger partial charge in [0.2, 0.25) is 0 Å². The fraction of sp³-hybridized carbons (Fsp3) is 0.348. The van der Waals surface area contributed by atoms with Gasteiger partial charge in [0.15, 0.2) is 5.11 Å². The summed E-state index contributed by atoms with van der Waals surface area (Å²) in [5.74, 6) is 0. The molecule has 27 heavy (non-hydrogen) atoms. The smallest absolute Gasteiger partial charge is 0.173 e. The predicted molar refractivity (Wildman–Crippen MR) is 119 cm³/mol. The Morgan fingerprint density at radius 1 is 1.11 bits per heavy atom. The molecule has 0 unspecified atom stereocenters. The lowest BCUT2D eigenvalue weighted by Gasteiger charge is -2.30. The van der Waals surface area contributed by atoms with Gasteiger partial charge in [-0.1, -0.05) is 60.2 Å². The maximum absolute atomic E-state index is 5.79. The third-order valence-corrected chi connectivity index (χ3v) is 5.36. The third kappa shape index (κ3) is 5.18. The van der Waals surface area contributed by atoms with Gasteiger partial charge in [-0.15, -0.1) is 0 Å². The van der Waals surface area contributed by atoms with Crippen molar-refractivity contribution in [3.63, 3.8) is 0 Å². The molecule has 1 aliphatic rings. The molecule has 4 heteroatoms. The van der Waals surface area contributed by atoms with Crippen molar-refractivity contribution in [2.45, 2.75) is 39.9 Å². The van der Waals surface area contributed by atoms with E-state index in [0.717, 1.165) is 31.3 Å². The minimum absolute atomic E-state index is 0.407. The van der Waals surface area contributed by atoms with Crippen LogP contribution in [0.1, 0.15) is 31.9 Å². The molecule has 142 valence electrons. The molecule has 1 atom stereocenters. The number of hydrogen-bond donors (Lipinski definition) is 1. The number of fused-ring (bicyclic) bond motifs is 1. The van der Waals surface area contributed by atoms with E-state index in [0.29, 0.717) is 6.04 Å². The monoisotopic (exact) mass is 379 g/mol. The van der Waals surface area contributed by atoms with Gasteiger partial charge in [0.1, 0.15) is 0 Å². The van der Waals surface area contributed by atoms with Crippen molar-refractivity contribution in [1.82, 2.24) is 10.2 Å². The van der Waals surface area contributed by atoms with E-state index >= 15 is 0 Å². The molecule has 0 saturated carbocycles. The van der Waals surface area contributed by atoms with Crippen LogP contribution in [-0.4, -0.2) is 29.1 Å². The second-order valence-corrected chi connectivity index (χ2v) is 7.83. The Labute approximate surface area is 168 Å². The molecule has 1 heterocycles. The van der Waals surface area contributed by atoms with E-state index in [1.54, 1.807) is 0 Å². The molecule has 0 spiro atoms. The normalized spacial score (nSPS) is 17.0. The molecule has 2 aromatic carbocycles. The fourth-order valence-corrected chi connectivity index (χ4v) is 3.61. The maximum Gasteiger partial charge on any atom is 0.173 e. The van der Waals surface area contributed by atoms with Crippen LogP contribution in [-0.2, 0) is 13.1 Å². The summed E-state index contributed by atoms with van der Waals surface area (Å²) in [4.78, 5) is 4.78. The van der Waals surface area contributed by atoms with Gasteiger partial charge < -0.3 is 10.2 Å². The lowest BCUT2D eigenvalue weighted by atomic mass is 10.1. The van der Waals surface area contributed by atoms with Crippen LogP contribution in [0.5, 0.6) is 0 Å². The average molecular weight is 380 g/mol. The fourth-order valence-electron chi connectivity index (χ4n) is 3.37. The van der Waals surface area contributed by atoms with Gasteiger partial charge in [0, 0.05) is 37.9 Å². The molecule has 0 aliphatic carbocycles. The molecule has 3 rings (SSSR count). The molecule has 0 aromatic heterocycles. The van der Waals surface area contributed by atoms with Crippen molar-refractivity contribution in [3.8, 4) is 0 Å². The van der Waals surface area contributed by atoms with Crippen LogP contribution in [0.25, 0.3) is 0 Å². The Bertz CT molecular complexity index is 796. The maximum atomic E-state index is 5.79. The quantitative estimate of drug-likeness (QED) is 0.611. The first kappa shape index (κ1) is 19.6. The Morgan fingerprint density at radius 2 is 1.81 bits per heavy atom. The molecule has 1 aliphatic heterocycles. The number of allylic oxidation sites excluding steroid dienone is 1. The lowest BCUT2D eigenvalue weighted by Crippen LogP contribution is -2.45.